The molecule has 0 radical (unpaired) electrons. The second-order valence-electron chi connectivity index (χ2n) is 7.35. The summed E-state index contributed by atoms with van der Waals surface area (Å²) in [7, 11) is 0. The van der Waals surface area contributed by atoms with Crippen LogP contribution in [0.25, 0.3) is 11.4 Å². The molecule has 1 aliphatic rings. The highest BCUT2D eigenvalue weighted by Gasteiger charge is 2.34. The van der Waals surface area contributed by atoms with Crippen molar-refractivity contribution in [1.82, 2.24) is 15.0 Å². The van der Waals surface area contributed by atoms with E-state index in [0.717, 1.165) is 37.0 Å². The molecule has 1 amide bonds. The van der Waals surface area contributed by atoms with E-state index < -0.39 is 0 Å². The molecule has 0 saturated carbocycles. The van der Waals surface area contributed by atoms with E-state index in [2.05, 4.69) is 17.1 Å². The molecule has 30 heavy (non-hydrogen) atoms. The lowest BCUT2D eigenvalue weighted by Gasteiger charge is -2.22. The van der Waals surface area contributed by atoms with Gasteiger partial charge < -0.3 is 14.2 Å². The van der Waals surface area contributed by atoms with Gasteiger partial charge in [0.15, 0.2) is 0 Å². The van der Waals surface area contributed by atoms with E-state index in [1.54, 1.807) is 12.1 Å². The fourth-order valence-electron chi connectivity index (χ4n) is 3.58. The minimum atomic E-state index is -0.224. The Morgan fingerprint density at radius 2 is 2.10 bits per heavy atom. The van der Waals surface area contributed by atoms with Crippen LogP contribution in [0.3, 0.4) is 0 Å². The molecular weight excluding hydrogens is 402 g/mol. The molecule has 2 heterocycles. The van der Waals surface area contributed by atoms with E-state index in [-0.39, 0.29) is 11.9 Å². The van der Waals surface area contributed by atoms with Crippen LogP contribution in [0.15, 0.2) is 53.1 Å². The van der Waals surface area contributed by atoms with Crippen LogP contribution < -0.4 is 4.74 Å². The van der Waals surface area contributed by atoms with Crippen LogP contribution in [0, 0.1) is 0 Å². The van der Waals surface area contributed by atoms with Gasteiger partial charge in [0, 0.05) is 22.7 Å². The van der Waals surface area contributed by atoms with Gasteiger partial charge in [0.05, 0.1) is 6.61 Å². The number of likely N-dealkylation sites (tertiary alicyclic amines) is 1. The Hall–Kier alpha value is -2.86. The number of nitrogens with zero attached hydrogens (tertiary/aromatic N) is 3. The molecule has 0 N–H and O–H groups in total. The number of carbonyl (C=O) groups excluding carboxylic acids is 1. The maximum absolute atomic E-state index is 13.1. The third-order valence-corrected chi connectivity index (χ3v) is 5.43. The number of amides is 1. The fraction of sp³-hybridized carbons (Fsp3) is 0.348. The van der Waals surface area contributed by atoms with E-state index in [1.807, 2.05) is 41.3 Å². The number of hydrogen-bond acceptors (Lipinski definition) is 5. The third-order valence-electron chi connectivity index (χ3n) is 5.19. The van der Waals surface area contributed by atoms with E-state index in [4.69, 9.17) is 20.9 Å². The Labute approximate surface area is 180 Å². The molecule has 4 rings (SSSR count). The molecule has 1 atom stereocenters. The Morgan fingerprint density at radius 3 is 2.87 bits per heavy atom. The van der Waals surface area contributed by atoms with Gasteiger partial charge in [-0.2, -0.15) is 4.98 Å². The summed E-state index contributed by atoms with van der Waals surface area (Å²) >= 11 is 6.06. The number of aromatic nitrogens is 2. The highest BCUT2D eigenvalue weighted by molar-refractivity contribution is 6.30. The van der Waals surface area contributed by atoms with E-state index in [9.17, 15) is 4.79 Å². The predicted molar refractivity (Wildman–Crippen MR) is 115 cm³/mol. The second kappa shape index (κ2) is 9.30. The van der Waals surface area contributed by atoms with E-state index in [0.29, 0.717) is 35.5 Å². The number of unbranched alkanes of at least 4 members (excludes halogenated alkanes) is 1. The molecule has 3 aromatic rings. The zero-order valence-electron chi connectivity index (χ0n) is 16.9. The van der Waals surface area contributed by atoms with Gasteiger partial charge in [0.25, 0.3) is 5.91 Å². The lowest BCUT2D eigenvalue weighted by atomic mass is 10.1. The van der Waals surface area contributed by atoms with Crippen molar-refractivity contribution in [2.24, 2.45) is 0 Å². The number of halogens is 1. The van der Waals surface area contributed by atoms with E-state index >= 15 is 0 Å². The van der Waals surface area contributed by atoms with Gasteiger partial charge in [-0.15, -0.1) is 0 Å². The maximum atomic E-state index is 13.1. The van der Waals surface area contributed by atoms with Crippen molar-refractivity contribution < 1.29 is 14.1 Å². The first kappa shape index (κ1) is 20.4. The average Bonchev–Trinajstić information content (AvgIpc) is 3.43. The van der Waals surface area contributed by atoms with Gasteiger partial charge in [0.2, 0.25) is 11.7 Å². The molecule has 1 aliphatic heterocycles. The van der Waals surface area contributed by atoms with Crippen LogP contribution in [0.1, 0.15) is 54.9 Å². The molecule has 0 bridgehead atoms. The molecule has 1 unspecified atom stereocenters. The summed E-state index contributed by atoms with van der Waals surface area (Å²) in [4.78, 5) is 19.4. The maximum Gasteiger partial charge on any atom is 0.254 e. The summed E-state index contributed by atoms with van der Waals surface area (Å²) in [6, 6.07) is 14.4. The molecule has 1 fully saturated rings. The van der Waals surface area contributed by atoms with Crippen molar-refractivity contribution in [1.29, 1.82) is 0 Å². The SMILES string of the molecule is CCCCOc1ccc(C(=O)N2CCCC2c2nc(-c3cccc(Cl)c3)no2)cc1. The lowest BCUT2D eigenvalue weighted by Crippen LogP contribution is -2.30. The number of rotatable bonds is 7. The van der Waals surface area contributed by atoms with Gasteiger partial charge in [-0.05, 0) is 55.7 Å². The van der Waals surface area contributed by atoms with Crippen molar-refractivity contribution in [3.8, 4) is 17.1 Å². The van der Waals surface area contributed by atoms with Crippen LogP contribution in [0.2, 0.25) is 5.02 Å². The normalized spacial score (nSPS) is 16.1. The summed E-state index contributed by atoms with van der Waals surface area (Å²) in [6.45, 7) is 3.47. The van der Waals surface area contributed by atoms with Crippen LogP contribution in [0.5, 0.6) is 5.75 Å². The van der Waals surface area contributed by atoms with Gasteiger partial charge in [-0.1, -0.05) is 42.2 Å². The molecule has 1 aromatic heterocycles. The predicted octanol–water partition coefficient (Wildman–Crippen LogP) is 5.55. The van der Waals surface area contributed by atoms with Gasteiger partial charge >= 0.3 is 0 Å². The minimum absolute atomic E-state index is 0.0416. The second-order valence-corrected chi connectivity index (χ2v) is 7.79. The first-order chi connectivity index (χ1) is 14.7. The monoisotopic (exact) mass is 425 g/mol. The first-order valence-electron chi connectivity index (χ1n) is 10.3. The highest BCUT2D eigenvalue weighted by atomic mass is 35.5. The summed E-state index contributed by atoms with van der Waals surface area (Å²) in [5, 5.41) is 4.70. The lowest BCUT2D eigenvalue weighted by molar-refractivity contribution is 0.0710. The largest absolute Gasteiger partial charge is 0.494 e. The Bertz CT molecular complexity index is 1000. The molecule has 0 aliphatic carbocycles. The molecule has 7 heteroatoms. The summed E-state index contributed by atoms with van der Waals surface area (Å²) in [5.74, 6) is 1.66. The number of hydrogen-bond donors (Lipinski definition) is 0. The van der Waals surface area contributed by atoms with Crippen molar-refractivity contribution in [2.75, 3.05) is 13.2 Å². The van der Waals surface area contributed by atoms with Crippen LogP contribution in [0.4, 0.5) is 0 Å². The average molecular weight is 426 g/mol. The molecular formula is C23H24ClN3O3. The summed E-state index contributed by atoms with van der Waals surface area (Å²) in [5.41, 5.74) is 1.41. The smallest absolute Gasteiger partial charge is 0.254 e. The third kappa shape index (κ3) is 4.49. The van der Waals surface area contributed by atoms with E-state index in [1.165, 1.54) is 0 Å². The zero-order valence-corrected chi connectivity index (χ0v) is 17.6. The topological polar surface area (TPSA) is 68.5 Å². The fourth-order valence-corrected chi connectivity index (χ4v) is 3.77. The minimum Gasteiger partial charge on any atom is -0.494 e. The molecule has 156 valence electrons. The van der Waals surface area contributed by atoms with Crippen molar-refractivity contribution >= 4 is 17.5 Å². The molecule has 1 saturated heterocycles. The molecule has 6 nitrogen and oxygen atoms in total. The van der Waals surface area contributed by atoms with Crippen LogP contribution >= 0.6 is 11.6 Å². The molecule has 2 aromatic carbocycles. The van der Waals surface area contributed by atoms with Crippen molar-refractivity contribution in [2.45, 2.75) is 38.6 Å². The van der Waals surface area contributed by atoms with Crippen molar-refractivity contribution in [3.05, 3.63) is 65.0 Å². The quantitative estimate of drug-likeness (QED) is 0.464. The van der Waals surface area contributed by atoms with Gasteiger partial charge in [0.1, 0.15) is 11.8 Å². The Balaban J connectivity index is 1.48. The van der Waals surface area contributed by atoms with Crippen LogP contribution in [-0.2, 0) is 0 Å². The molecule has 0 spiro atoms. The van der Waals surface area contributed by atoms with Crippen LogP contribution in [-0.4, -0.2) is 34.1 Å². The number of ether oxygens (including phenoxy) is 1. The Kier molecular flexibility index (Phi) is 6.33. The van der Waals surface area contributed by atoms with Gasteiger partial charge in [-0.25, -0.2) is 0 Å². The highest BCUT2D eigenvalue weighted by Crippen LogP contribution is 2.33. The van der Waals surface area contributed by atoms with Crippen molar-refractivity contribution in [3.63, 3.8) is 0 Å². The summed E-state index contributed by atoms with van der Waals surface area (Å²) in [6.07, 6.45) is 3.78. The Morgan fingerprint density at radius 1 is 1.27 bits per heavy atom. The number of carbonyl (C=O) groups is 1. The standard InChI is InChI=1S/C23H24ClN3O3/c1-2-3-14-29-19-11-9-16(10-12-19)23(28)27-13-5-8-20(27)22-25-21(26-30-22)17-6-4-7-18(24)15-17/h4,6-7,9-12,15,20H,2-3,5,8,13-14H2,1H3. The summed E-state index contributed by atoms with van der Waals surface area (Å²) < 4.78 is 11.2. The van der Waals surface area contributed by atoms with Gasteiger partial charge in [-0.3, -0.25) is 4.79 Å². The first-order valence-corrected chi connectivity index (χ1v) is 10.7. The zero-order chi connectivity index (χ0) is 20.9. The number of benzene rings is 2.